The summed E-state index contributed by atoms with van der Waals surface area (Å²) in [4.78, 5) is 12.3. The van der Waals surface area contributed by atoms with Crippen LogP contribution in [0.1, 0.15) is 18.4 Å². The van der Waals surface area contributed by atoms with E-state index in [0.29, 0.717) is 24.0 Å². The third-order valence-corrected chi connectivity index (χ3v) is 2.44. The normalized spacial score (nSPS) is 24.1. The molecule has 0 saturated carbocycles. The van der Waals surface area contributed by atoms with Crippen LogP contribution in [-0.4, -0.2) is 26.3 Å². The van der Waals surface area contributed by atoms with Crippen molar-refractivity contribution in [2.75, 3.05) is 0 Å². The molecule has 0 aromatic carbocycles. The molecular formula is C9H11N7O. The molecule has 17 heavy (non-hydrogen) atoms. The molecule has 3 heterocycles. The van der Waals surface area contributed by atoms with E-state index in [9.17, 15) is 0 Å². The van der Waals surface area contributed by atoms with Crippen molar-refractivity contribution >= 4 is 0 Å². The van der Waals surface area contributed by atoms with Crippen molar-refractivity contribution in [3.8, 4) is 11.6 Å². The van der Waals surface area contributed by atoms with Crippen LogP contribution in [-0.2, 0) is 0 Å². The molecular weight excluding hydrogens is 222 g/mol. The number of hydrogen-bond donors (Lipinski definition) is 3. The summed E-state index contributed by atoms with van der Waals surface area (Å²) in [5.41, 5.74) is 11.6. The quantitative estimate of drug-likeness (QED) is 0.626. The monoisotopic (exact) mass is 233 g/mol. The predicted molar refractivity (Wildman–Crippen MR) is 56.9 cm³/mol. The Morgan fingerprint density at radius 3 is 2.76 bits per heavy atom. The molecule has 88 valence electrons. The molecule has 2 aromatic heterocycles. The summed E-state index contributed by atoms with van der Waals surface area (Å²) >= 11 is 0. The fourth-order valence-electron chi connectivity index (χ4n) is 1.62. The third-order valence-electron chi connectivity index (χ3n) is 2.44. The number of hydrogen-bond acceptors (Lipinski definition) is 8. The topological polar surface area (TPSA) is 115 Å². The summed E-state index contributed by atoms with van der Waals surface area (Å²) in [5.74, 6) is 1.30. The highest BCUT2D eigenvalue weighted by Crippen LogP contribution is 2.20. The third kappa shape index (κ3) is 2.00. The molecule has 8 nitrogen and oxygen atoms in total. The Morgan fingerprint density at radius 1 is 1.24 bits per heavy atom. The van der Waals surface area contributed by atoms with E-state index in [4.69, 9.17) is 10.3 Å². The van der Waals surface area contributed by atoms with E-state index in [2.05, 4.69) is 31.0 Å². The van der Waals surface area contributed by atoms with E-state index in [1.807, 2.05) is 0 Å². The number of rotatable bonds is 2. The lowest BCUT2D eigenvalue weighted by Crippen LogP contribution is -2.36. The summed E-state index contributed by atoms with van der Waals surface area (Å²) in [7, 11) is 0. The second-order valence-electron chi connectivity index (χ2n) is 3.71. The summed E-state index contributed by atoms with van der Waals surface area (Å²) < 4.78 is 5.15. The second-order valence-corrected chi connectivity index (χ2v) is 3.71. The molecule has 2 aromatic rings. The fraction of sp³-hybridized carbons (Fsp3) is 0.333. The molecule has 3 rings (SSSR count). The first-order chi connectivity index (χ1) is 8.33. The number of hydrazine groups is 1. The van der Waals surface area contributed by atoms with Gasteiger partial charge in [0.05, 0.1) is 6.17 Å². The molecule has 0 bridgehead atoms. The Hall–Kier alpha value is -1.90. The maximum absolute atomic E-state index is 5.69. The molecule has 1 aliphatic heterocycles. The predicted octanol–water partition coefficient (Wildman–Crippen LogP) is -0.650. The second kappa shape index (κ2) is 4.17. The Morgan fingerprint density at radius 2 is 2.06 bits per heavy atom. The van der Waals surface area contributed by atoms with Crippen molar-refractivity contribution in [2.45, 2.75) is 18.6 Å². The maximum Gasteiger partial charge on any atom is 0.245 e. The number of aromatic nitrogens is 4. The van der Waals surface area contributed by atoms with E-state index in [1.54, 1.807) is 18.5 Å². The number of nitrogens with one attached hydrogen (secondary N) is 2. The van der Waals surface area contributed by atoms with Crippen molar-refractivity contribution in [3.63, 3.8) is 0 Å². The van der Waals surface area contributed by atoms with Crippen LogP contribution in [0.2, 0.25) is 0 Å². The zero-order valence-electron chi connectivity index (χ0n) is 8.87. The Labute approximate surface area is 96.6 Å². The van der Waals surface area contributed by atoms with Crippen molar-refractivity contribution < 1.29 is 4.52 Å². The largest absolute Gasteiger partial charge is 0.337 e. The molecule has 4 N–H and O–H groups in total. The lowest BCUT2D eigenvalue weighted by Gasteiger charge is -2.00. The van der Waals surface area contributed by atoms with Crippen LogP contribution < -0.4 is 16.6 Å². The lowest BCUT2D eigenvalue weighted by molar-refractivity contribution is 0.340. The lowest BCUT2D eigenvalue weighted by atomic mass is 10.2. The molecule has 1 fully saturated rings. The number of nitrogens with zero attached hydrogens (tertiary/aromatic N) is 4. The molecule has 1 aliphatic rings. The van der Waals surface area contributed by atoms with Crippen LogP contribution in [0.15, 0.2) is 23.0 Å². The van der Waals surface area contributed by atoms with Crippen molar-refractivity contribution in [3.05, 3.63) is 24.4 Å². The molecule has 0 spiro atoms. The van der Waals surface area contributed by atoms with Crippen LogP contribution in [0, 0.1) is 0 Å². The van der Waals surface area contributed by atoms with E-state index in [0.717, 1.165) is 0 Å². The van der Waals surface area contributed by atoms with Gasteiger partial charge >= 0.3 is 0 Å². The minimum absolute atomic E-state index is 0.0741. The standard InChI is InChI=1S/C9H11N7O/c10-6-4-5(14-15-6)9-13-8(16-17-9)7-11-2-1-3-12-7/h1-3,5-6,14-15H,4,10H2. The van der Waals surface area contributed by atoms with Gasteiger partial charge in [0, 0.05) is 18.8 Å². The summed E-state index contributed by atoms with van der Waals surface area (Å²) in [5, 5.41) is 3.84. The van der Waals surface area contributed by atoms with Gasteiger partial charge in [0.1, 0.15) is 6.04 Å². The number of nitrogens with two attached hydrogens (primary N) is 1. The van der Waals surface area contributed by atoms with Gasteiger partial charge in [-0.2, -0.15) is 4.98 Å². The van der Waals surface area contributed by atoms with Crippen LogP contribution in [0.4, 0.5) is 0 Å². The van der Waals surface area contributed by atoms with Gasteiger partial charge in [-0.05, 0) is 6.07 Å². The molecule has 1 saturated heterocycles. The minimum atomic E-state index is -0.108. The molecule has 0 aliphatic carbocycles. The first kappa shape index (κ1) is 10.3. The van der Waals surface area contributed by atoms with Crippen LogP contribution in [0.5, 0.6) is 0 Å². The minimum Gasteiger partial charge on any atom is -0.337 e. The molecule has 8 heteroatoms. The summed E-state index contributed by atoms with van der Waals surface area (Å²) in [6.07, 6.45) is 3.84. The average molecular weight is 233 g/mol. The van der Waals surface area contributed by atoms with Gasteiger partial charge in [-0.25, -0.2) is 20.8 Å². The van der Waals surface area contributed by atoms with Gasteiger partial charge in [0.15, 0.2) is 0 Å². The molecule has 0 amide bonds. The Kier molecular flexibility index (Phi) is 2.52. The van der Waals surface area contributed by atoms with Crippen molar-refractivity contribution in [2.24, 2.45) is 5.73 Å². The summed E-state index contributed by atoms with van der Waals surface area (Å²) in [6, 6.07) is 1.65. The first-order valence-corrected chi connectivity index (χ1v) is 5.20. The summed E-state index contributed by atoms with van der Waals surface area (Å²) in [6.45, 7) is 0. The van der Waals surface area contributed by atoms with E-state index in [1.165, 1.54) is 0 Å². The fourth-order valence-corrected chi connectivity index (χ4v) is 1.62. The average Bonchev–Trinajstić information content (AvgIpc) is 2.98. The molecule has 2 unspecified atom stereocenters. The van der Waals surface area contributed by atoms with E-state index < -0.39 is 0 Å². The highest BCUT2D eigenvalue weighted by molar-refractivity contribution is 5.40. The van der Waals surface area contributed by atoms with Gasteiger partial charge in [-0.1, -0.05) is 5.16 Å². The smallest absolute Gasteiger partial charge is 0.245 e. The van der Waals surface area contributed by atoms with Gasteiger partial charge < -0.3 is 10.3 Å². The maximum atomic E-state index is 5.69. The molecule has 0 radical (unpaired) electrons. The SMILES string of the molecule is NC1CC(c2nc(-c3ncccn3)no2)NN1. The van der Waals surface area contributed by atoms with Crippen LogP contribution in [0.25, 0.3) is 11.6 Å². The Balaban J connectivity index is 1.84. The zero-order valence-corrected chi connectivity index (χ0v) is 8.87. The zero-order chi connectivity index (χ0) is 11.7. The Bertz CT molecular complexity index is 499. The van der Waals surface area contributed by atoms with E-state index >= 15 is 0 Å². The van der Waals surface area contributed by atoms with Crippen LogP contribution >= 0.6 is 0 Å². The molecule has 2 atom stereocenters. The van der Waals surface area contributed by atoms with Crippen molar-refractivity contribution in [1.82, 2.24) is 31.0 Å². The highest BCUT2D eigenvalue weighted by Gasteiger charge is 2.27. The van der Waals surface area contributed by atoms with Gasteiger partial charge in [0.2, 0.25) is 17.5 Å². The van der Waals surface area contributed by atoms with Gasteiger partial charge in [0.25, 0.3) is 0 Å². The van der Waals surface area contributed by atoms with Crippen molar-refractivity contribution in [1.29, 1.82) is 0 Å². The van der Waals surface area contributed by atoms with Crippen LogP contribution in [0.3, 0.4) is 0 Å². The first-order valence-electron chi connectivity index (χ1n) is 5.20. The van der Waals surface area contributed by atoms with Gasteiger partial charge in [-0.3, -0.25) is 0 Å². The van der Waals surface area contributed by atoms with Gasteiger partial charge in [-0.15, -0.1) is 0 Å². The van der Waals surface area contributed by atoms with E-state index in [-0.39, 0.29) is 12.2 Å². The highest BCUT2D eigenvalue weighted by atomic mass is 16.5.